The van der Waals surface area contributed by atoms with E-state index in [9.17, 15) is 0 Å². The van der Waals surface area contributed by atoms with Gasteiger partial charge in [0.2, 0.25) is 0 Å². The average Bonchev–Trinajstić information content (AvgIpc) is 2.44. The molecule has 0 bridgehead atoms. The van der Waals surface area contributed by atoms with Crippen LogP contribution in [0, 0.1) is 3.57 Å². The predicted molar refractivity (Wildman–Crippen MR) is 96.7 cm³/mol. The van der Waals surface area contributed by atoms with Gasteiger partial charge in [0.1, 0.15) is 11.6 Å². The molecule has 1 fully saturated rings. The molecule has 1 aliphatic rings. The molecule has 0 radical (unpaired) electrons. The highest BCUT2D eigenvalue weighted by Gasteiger charge is 2.28. The summed E-state index contributed by atoms with van der Waals surface area (Å²) in [6.45, 7) is 5.75. The van der Waals surface area contributed by atoms with E-state index in [2.05, 4.69) is 41.8 Å². The lowest BCUT2D eigenvalue weighted by Gasteiger charge is -2.27. The summed E-state index contributed by atoms with van der Waals surface area (Å²) in [7, 11) is 1.71. The molecule has 112 valence electrons. The van der Waals surface area contributed by atoms with Crippen LogP contribution < -0.4 is 5.32 Å². The first-order valence-electron chi connectivity index (χ1n) is 6.69. The number of halogens is 1. The summed E-state index contributed by atoms with van der Waals surface area (Å²) in [5.41, 5.74) is 0.984. The summed E-state index contributed by atoms with van der Waals surface area (Å²) in [4.78, 5) is 9.52. The minimum atomic E-state index is 0.374. The predicted octanol–water partition coefficient (Wildman–Crippen LogP) is 3.57. The van der Waals surface area contributed by atoms with Gasteiger partial charge in [0.25, 0.3) is 0 Å². The van der Waals surface area contributed by atoms with Crippen LogP contribution in [-0.2, 0) is 11.3 Å². The number of methoxy groups -OCH3 is 1. The lowest BCUT2D eigenvalue weighted by atomic mass is 10.3. The van der Waals surface area contributed by atoms with Crippen LogP contribution in [0.15, 0.2) is 0 Å². The molecule has 2 rings (SSSR count). The highest BCUT2D eigenvalue weighted by molar-refractivity contribution is 14.1. The zero-order chi connectivity index (χ0) is 14.5. The second-order valence-electron chi connectivity index (χ2n) is 4.52. The first kappa shape index (κ1) is 16.6. The van der Waals surface area contributed by atoms with E-state index < -0.39 is 0 Å². The van der Waals surface area contributed by atoms with E-state index >= 15 is 0 Å². The van der Waals surface area contributed by atoms with Gasteiger partial charge < -0.3 is 10.1 Å². The van der Waals surface area contributed by atoms with Crippen molar-refractivity contribution in [2.24, 2.45) is 0 Å². The van der Waals surface area contributed by atoms with E-state index in [1.807, 2.05) is 23.5 Å². The Morgan fingerprint density at radius 2 is 2.10 bits per heavy atom. The number of ether oxygens (including phenoxy) is 1. The number of nitrogens with one attached hydrogen (secondary N) is 1. The Bertz CT molecular complexity index is 434. The van der Waals surface area contributed by atoms with Crippen molar-refractivity contribution in [3.05, 3.63) is 15.1 Å². The minimum absolute atomic E-state index is 0.374. The third kappa shape index (κ3) is 3.92. The van der Waals surface area contributed by atoms with Gasteiger partial charge in [-0.1, -0.05) is 6.92 Å². The molecule has 0 saturated carbocycles. The number of anilines is 1. The zero-order valence-electron chi connectivity index (χ0n) is 12.0. The van der Waals surface area contributed by atoms with Crippen LogP contribution in [0.5, 0.6) is 0 Å². The van der Waals surface area contributed by atoms with Crippen LogP contribution in [0.25, 0.3) is 0 Å². The summed E-state index contributed by atoms with van der Waals surface area (Å²) in [5, 5.41) is 4.27. The highest BCUT2D eigenvalue weighted by Crippen LogP contribution is 2.41. The van der Waals surface area contributed by atoms with Crippen LogP contribution in [0.1, 0.15) is 30.6 Å². The van der Waals surface area contributed by atoms with Crippen LogP contribution in [0.3, 0.4) is 0 Å². The van der Waals surface area contributed by atoms with Crippen molar-refractivity contribution in [3.8, 4) is 0 Å². The zero-order valence-corrected chi connectivity index (χ0v) is 15.8. The monoisotopic (exact) mass is 425 g/mol. The molecule has 2 atom stereocenters. The quantitative estimate of drug-likeness (QED) is 0.728. The molecule has 1 aromatic heterocycles. The lowest BCUT2D eigenvalue weighted by molar-refractivity contribution is 0.180. The minimum Gasteiger partial charge on any atom is -0.378 e. The van der Waals surface area contributed by atoms with Crippen LogP contribution in [0.2, 0.25) is 0 Å². The van der Waals surface area contributed by atoms with Crippen LogP contribution in [0.4, 0.5) is 5.82 Å². The Labute approximate surface area is 142 Å². The van der Waals surface area contributed by atoms with Crippen LogP contribution >= 0.6 is 46.1 Å². The third-order valence-corrected chi connectivity index (χ3v) is 7.22. The van der Waals surface area contributed by atoms with Gasteiger partial charge >= 0.3 is 0 Å². The Morgan fingerprint density at radius 1 is 1.35 bits per heavy atom. The average molecular weight is 425 g/mol. The van der Waals surface area contributed by atoms with Crippen molar-refractivity contribution < 1.29 is 4.74 Å². The molecule has 2 unspecified atom stereocenters. The molecule has 4 nitrogen and oxygen atoms in total. The normalized spacial score (nSPS) is 22.8. The van der Waals surface area contributed by atoms with E-state index in [4.69, 9.17) is 14.7 Å². The standard InChI is InChI=1S/C13H20IN3OS2/c1-4-15-12-10(14)9(7-18-3)16-13(17-12)11-8(2)19-5-6-20-11/h8,11H,4-7H2,1-3H3,(H,15,16,17). The van der Waals surface area contributed by atoms with Crippen molar-refractivity contribution >= 4 is 51.9 Å². The molecule has 7 heteroatoms. The van der Waals surface area contributed by atoms with Crippen molar-refractivity contribution in [3.63, 3.8) is 0 Å². The van der Waals surface area contributed by atoms with Crippen molar-refractivity contribution in [2.75, 3.05) is 30.5 Å². The van der Waals surface area contributed by atoms with Gasteiger partial charge in [-0.05, 0) is 29.5 Å². The Kier molecular flexibility index (Phi) is 6.70. The number of rotatable bonds is 5. The Hall–Kier alpha value is 0.270. The molecular formula is C13H20IN3OS2. The molecule has 1 aliphatic heterocycles. The van der Waals surface area contributed by atoms with Crippen molar-refractivity contribution in [2.45, 2.75) is 31.0 Å². The first-order chi connectivity index (χ1) is 9.67. The summed E-state index contributed by atoms with van der Waals surface area (Å²) >= 11 is 6.28. The third-order valence-electron chi connectivity index (χ3n) is 3.00. The van der Waals surface area contributed by atoms with Gasteiger partial charge in [0, 0.05) is 30.4 Å². The second-order valence-corrected chi connectivity index (χ2v) is 8.34. The molecule has 2 heterocycles. The van der Waals surface area contributed by atoms with Crippen molar-refractivity contribution in [1.29, 1.82) is 0 Å². The van der Waals surface area contributed by atoms with E-state index in [0.29, 0.717) is 17.1 Å². The van der Waals surface area contributed by atoms with E-state index in [1.165, 1.54) is 11.5 Å². The van der Waals surface area contributed by atoms with Gasteiger partial charge in [-0.3, -0.25) is 0 Å². The molecule has 1 saturated heterocycles. The largest absolute Gasteiger partial charge is 0.378 e. The molecule has 0 aromatic carbocycles. The SMILES string of the molecule is CCNc1nc(C2SCCSC2C)nc(COC)c1I. The Balaban J connectivity index is 2.36. The maximum atomic E-state index is 5.28. The molecule has 0 amide bonds. The summed E-state index contributed by atoms with van der Waals surface area (Å²) in [6, 6.07) is 0. The fraction of sp³-hybridized carbons (Fsp3) is 0.692. The first-order valence-corrected chi connectivity index (χ1v) is 9.87. The Morgan fingerprint density at radius 3 is 2.75 bits per heavy atom. The van der Waals surface area contributed by atoms with Gasteiger partial charge in [-0.25, -0.2) is 9.97 Å². The maximum absolute atomic E-state index is 5.28. The van der Waals surface area contributed by atoms with E-state index in [1.54, 1.807) is 7.11 Å². The molecular weight excluding hydrogens is 405 g/mol. The molecule has 1 aromatic rings. The number of aromatic nitrogens is 2. The number of hydrogen-bond acceptors (Lipinski definition) is 6. The van der Waals surface area contributed by atoms with Gasteiger partial charge in [-0.2, -0.15) is 11.8 Å². The topological polar surface area (TPSA) is 47.0 Å². The van der Waals surface area contributed by atoms with Gasteiger partial charge in [0.05, 0.1) is 21.1 Å². The summed E-state index contributed by atoms with van der Waals surface area (Å²) < 4.78 is 6.34. The van der Waals surface area contributed by atoms with E-state index in [-0.39, 0.29) is 0 Å². The van der Waals surface area contributed by atoms with E-state index in [0.717, 1.165) is 27.5 Å². The second kappa shape index (κ2) is 8.05. The smallest absolute Gasteiger partial charge is 0.145 e. The van der Waals surface area contributed by atoms with Gasteiger partial charge in [0.15, 0.2) is 0 Å². The number of hydrogen-bond donors (Lipinski definition) is 1. The fourth-order valence-electron chi connectivity index (χ4n) is 2.07. The number of thioether (sulfide) groups is 2. The fourth-order valence-corrected chi connectivity index (χ4v) is 5.35. The summed E-state index contributed by atoms with van der Waals surface area (Å²) in [6.07, 6.45) is 0. The maximum Gasteiger partial charge on any atom is 0.145 e. The lowest BCUT2D eigenvalue weighted by Crippen LogP contribution is -2.20. The molecule has 1 N–H and O–H groups in total. The van der Waals surface area contributed by atoms with Crippen LogP contribution in [-0.4, -0.2) is 40.4 Å². The summed E-state index contributed by atoms with van der Waals surface area (Å²) in [5.74, 6) is 4.27. The van der Waals surface area contributed by atoms with Crippen molar-refractivity contribution in [1.82, 2.24) is 9.97 Å². The highest BCUT2D eigenvalue weighted by atomic mass is 127. The molecule has 20 heavy (non-hydrogen) atoms. The molecule has 0 spiro atoms. The number of nitrogens with zero attached hydrogens (tertiary/aromatic N) is 2. The van der Waals surface area contributed by atoms with Gasteiger partial charge in [-0.15, -0.1) is 11.8 Å². The molecule has 0 aliphatic carbocycles.